The number of ether oxygens (including phenoxy) is 1. The molecule has 1 aromatic heterocycles. The van der Waals surface area contributed by atoms with Gasteiger partial charge in [0.1, 0.15) is 17.3 Å². The van der Waals surface area contributed by atoms with Crippen LogP contribution >= 0.6 is 35.6 Å². The molecular formula is C18H25ClIN5O3S. The molecule has 0 aliphatic carbocycles. The molecule has 160 valence electrons. The fourth-order valence-corrected chi connectivity index (χ4v) is 3.47. The van der Waals surface area contributed by atoms with E-state index >= 15 is 0 Å². The van der Waals surface area contributed by atoms with Gasteiger partial charge in [0, 0.05) is 44.6 Å². The molecule has 0 bridgehead atoms. The van der Waals surface area contributed by atoms with Crippen molar-refractivity contribution >= 4 is 51.6 Å². The van der Waals surface area contributed by atoms with Gasteiger partial charge in [-0.15, -0.1) is 24.0 Å². The van der Waals surface area contributed by atoms with Gasteiger partial charge in [-0.1, -0.05) is 17.7 Å². The first-order valence-corrected chi connectivity index (χ1v) is 10.5. The summed E-state index contributed by atoms with van der Waals surface area (Å²) >= 11 is 5.93. The summed E-state index contributed by atoms with van der Waals surface area (Å²) in [5, 5.41) is 3.73. The largest absolute Gasteiger partial charge is 0.492 e. The summed E-state index contributed by atoms with van der Waals surface area (Å²) in [7, 11) is -0.0356. The van der Waals surface area contributed by atoms with Crippen molar-refractivity contribution in [1.29, 1.82) is 0 Å². The van der Waals surface area contributed by atoms with Gasteiger partial charge >= 0.3 is 0 Å². The zero-order chi connectivity index (χ0) is 20.4. The minimum Gasteiger partial charge on any atom is -0.492 e. The fraction of sp³-hybridized carbons (Fsp3) is 0.333. The van der Waals surface area contributed by atoms with Crippen LogP contribution in [0.15, 0.2) is 58.7 Å². The molecular weight excluding hydrogens is 529 g/mol. The highest BCUT2D eigenvalue weighted by atomic mass is 127. The Bertz CT molecular complexity index is 884. The quantitative estimate of drug-likeness (QED) is 0.214. The number of hydrogen-bond acceptors (Lipinski definition) is 5. The van der Waals surface area contributed by atoms with Crippen molar-refractivity contribution in [3.05, 3.63) is 53.8 Å². The highest BCUT2D eigenvalue weighted by Gasteiger charge is 2.13. The van der Waals surface area contributed by atoms with Crippen LogP contribution < -0.4 is 14.8 Å². The predicted octanol–water partition coefficient (Wildman–Crippen LogP) is 2.22. The first-order valence-electron chi connectivity index (χ1n) is 8.62. The van der Waals surface area contributed by atoms with Gasteiger partial charge in [0.25, 0.3) is 0 Å². The maximum absolute atomic E-state index is 12.1. The summed E-state index contributed by atoms with van der Waals surface area (Å²) in [6.07, 6.45) is 2.83. The topological polar surface area (TPSA) is 95.9 Å². The zero-order valence-electron chi connectivity index (χ0n) is 16.2. The standard InChI is InChI=1S/C18H24ClN5O3S.HI/c1-20-18(24(2)11-12-27-16-6-3-5-15(19)13-16)22-9-10-23-28(25,26)17-7-4-8-21-14-17;/h3-8,13-14,23H,9-12H2,1-2H3,(H,20,22);1H. The third-order valence-corrected chi connectivity index (χ3v) is 5.39. The lowest BCUT2D eigenvalue weighted by molar-refractivity contribution is 0.281. The number of sulfonamides is 1. The molecule has 2 rings (SSSR count). The minimum atomic E-state index is -3.57. The molecule has 0 spiro atoms. The van der Waals surface area contributed by atoms with E-state index < -0.39 is 10.0 Å². The molecule has 0 aliphatic heterocycles. The van der Waals surface area contributed by atoms with Crippen LogP contribution in [0.25, 0.3) is 0 Å². The Hall–Kier alpha value is -1.63. The van der Waals surface area contributed by atoms with Crippen molar-refractivity contribution in [2.45, 2.75) is 4.90 Å². The second-order valence-electron chi connectivity index (χ2n) is 5.79. The van der Waals surface area contributed by atoms with E-state index in [0.29, 0.717) is 36.4 Å². The highest BCUT2D eigenvalue weighted by Crippen LogP contribution is 2.16. The van der Waals surface area contributed by atoms with Gasteiger partial charge in [-0.3, -0.25) is 9.98 Å². The van der Waals surface area contributed by atoms with E-state index in [-0.39, 0.29) is 35.4 Å². The molecule has 1 aromatic carbocycles. The number of rotatable bonds is 9. The molecule has 0 fully saturated rings. The van der Waals surface area contributed by atoms with Crippen molar-refractivity contribution in [1.82, 2.24) is 19.9 Å². The van der Waals surface area contributed by atoms with Crippen LogP contribution in [0.4, 0.5) is 0 Å². The summed E-state index contributed by atoms with van der Waals surface area (Å²) < 4.78 is 32.5. The summed E-state index contributed by atoms with van der Waals surface area (Å²) in [5.74, 6) is 1.34. The number of pyridine rings is 1. The Labute approximate surface area is 193 Å². The fourth-order valence-electron chi connectivity index (χ4n) is 2.30. The molecule has 8 nitrogen and oxygen atoms in total. The van der Waals surface area contributed by atoms with Gasteiger partial charge in [0.2, 0.25) is 10.0 Å². The van der Waals surface area contributed by atoms with Crippen molar-refractivity contribution < 1.29 is 13.2 Å². The second-order valence-corrected chi connectivity index (χ2v) is 7.99. The Kier molecular flexibility index (Phi) is 11.2. The third-order valence-electron chi connectivity index (χ3n) is 3.71. The van der Waals surface area contributed by atoms with Crippen LogP contribution in [0.2, 0.25) is 5.02 Å². The molecule has 0 saturated carbocycles. The number of halogens is 2. The van der Waals surface area contributed by atoms with Gasteiger partial charge in [0.05, 0.1) is 6.54 Å². The first-order chi connectivity index (χ1) is 13.4. The van der Waals surface area contributed by atoms with E-state index in [1.165, 1.54) is 18.5 Å². The molecule has 0 amide bonds. The van der Waals surface area contributed by atoms with Crippen molar-refractivity contribution in [3.63, 3.8) is 0 Å². The molecule has 2 N–H and O–H groups in total. The number of aromatic nitrogens is 1. The first kappa shape index (κ1) is 25.4. The van der Waals surface area contributed by atoms with E-state index in [4.69, 9.17) is 16.3 Å². The molecule has 0 aliphatic rings. The lowest BCUT2D eigenvalue weighted by Gasteiger charge is -2.22. The smallest absolute Gasteiger partial charge is 0.242 e. The molecule has 11 heteroatoms. The number of aliphatic imine (C=N–C) groups is 1. The van der Waals surface area contributed by atoms with Crippen molar-refractivity contribution in [3.8, 4) is 5.75 Å². The Balaban J connectivity index is 0.00000420. The van der Waals surface area contributed by atoms with E-state index in [1.54, 1.807) is 25.2 Å². The van der Waals surface area contributed by atoms with Crippen molar-refractivity contribution in [2.24, 2.45) is 4.99 Å². The zero-order valence-corrected chi connectivity index (χ0v) is 20.1. The monoisotopic (exact) mass is 553 g/mol. The van der Waals surface area contributed by atoms with Gasteiger partial charge < -0.3 is 15.0 Å². The number of hydrogen-bond donors (Lipinski definition) is 2. The summed E-state index contributed by atoms with van der Waals surface area (Å²) in [4.78, 5) is 10.0. The SMILES string of the molecule is CN=C(NCCNS(=O)(=O)c1cccnc1)N(C)CCOc1cccc(Cl)c1.I. The molecule has 0 saturated heterocycles. The predicted molar refractivity (Wildman–Crippen MR) is 126 cm³/mol. The molecule has 0 radical (unpaired) electrons. The minimum absolute atomic E-state index is 0. The van der Waals surface area contributed by atoms with E-state index in [2.05, 4.69) is 20.0 Å². The van der Waals surface area contributed by atoms with Crippen LogP contribution in [0, 0.1) is 0 Å². The van der Waals surface area contributed by atoms with E-state index in [0.717, 1.165) is 0 Å². The highest BCUT2D eigenvalue weighted by molar-refractivity contribution is 14.0. The molecule has 29 heavy (non-hydrogen) atoms. The Morgan fingerprint density at radius 3 is 2.72 bits per heavy atom. The van der Waals surface area contributed by atoms with Gasteiger partial charge in [-0.2, -0.15) is 0 Å². The van der Waals surface area contributed by atoms with Crippen LogP contribution in [0.3, 0.4) is 0 Å². The van der Waals surface area contributed by atoms with Crippen molar-refractivity contribution in [2.75, 3.05) is 40.3 Å². The Morgan fingerprint density at radius 1 is 1.28 bits per heavy atom. The summed E-state index contributed by atoms with van der Waals surface area (Å²) in [5.41, 5.74) is 0. The number of likely N-dealkylation sites (N-methyl/N-ethyl adjacent to an activating group) is 1. The normalized spacial score (nSPS) is 11.5. The van der Waals surface area contributed by atoms with Crippen LogP contribution in [-0.2, 0) is 10.0 Å². The number of nitrogens with zero attached hydrogens (tertiary/aromatic N) is 3. The number of nitrogens with one attached hydrogen (secondary N) is 2. The average Bonchev–Trinajstić information content (AvgIpc) is 2.68. The number of guanidine groups is 1. The average molecular weight is 554 g/mol. The lowest BCUT2D eigenvalue weighted by atomic mass is 10.3. The van der Waals surface area contributed by atoms with Gasteiger partial charge in [0.15, 0.2) is 5.96 Å². The van der Waals surface area contributed by atoms with Gasteiger partial charge in [-0.25, -0.2) is 13.1 Å². The second kappa shape index (κ2) is 12.8. The van der Waals surface area contributed by atoms with Crippen LogP contribution in [-0.4, -0.2) is 64.6 Å². The lowest BCUT2D eigenvalue weighted by Crippen LogP contribution is -2.43. The molecule has 0 atom stereocenters. The maximum Gasteiger partial charge on any atom is 0.242 e. The van der Waals surface area contributed by atoms with Crippen LogP contribution in [0.1, 0.15) is 0 Å². The molecule has 1 heterocycles. The third kappa shape index (κ3) is 8.72. The Morgan fingerprint density at radius 2 is 2.07 bits per heavy atom. The van der Waals surface area contributed by atoms with Gasteiger partial charge in [-0.05, 0) is 30.3 Å². The number of benzene rings is 1. The summed E-state index contributed by atoms with van der Waals surface area (Å²) in [6, 6.07) is 10.3. The summed E-state index contributed by atoms with van der Waals surface area (Å²) in [6.45, 7) is 1.63. The van der Waals surface area contributed by atoms with E-state index in [1.807, 2.05) is 24.1 Å². The maximum atomic E-state index is 12.1. The molecule has 0 unspecified atom stereocenters. The van der Waals surface area contributed by atoms with Crippen LogP contribution in [0.5, 0.6) is 5.75 Å². The van der Waals surface area contributed by atoms with E-state index in [9.17, 15) is 8.42 Å². The molecule has 2 aromatic rings.